The Morgan fingerprint density at radius 2 is 1.62 bits per heavy atom. The zero-order chi connectivity index (χ0) is 34.5. The first-order valence-corrected chi connectivity index (χ1v) is 18.6. The summed E-state index contributed by atoms with van der Waals surface area (Å²) < 4.78 is 6.41. The second kappa shape index (κ2) is 13.2. The Morgan fingerprint density at radius 1 is 0.860 bits per heavy atom. The molecule has 9 heteroatoms. The Kier molecular flexibility index (Phi) is 8.61. The molecule has 50 heavy (non-hydrogen) atoms. The number of hydrogen-bond acceptors (Lipinski definition) is 5. The molecule has 0 saturated carbocycles. The van der Waals surface area contributed by atoms with Crippen molar-refractivity contribution in [2.45, 2.75) is 84.7 Å². The predicted molar refractivity (Wildman–Crippen MR) is 197 cm³/mol. The lowest BCUT2D eigenvalue weighted by Crippen LogP contribution is -2.36. The molecule has 260 valence electrons. The van der Waals surface area contributed by atoms with Crippen molar-refractivity contribution in [2.24, 2.45) is 17.8 Å². The summed E-state index contributed by atoms with van der Waals surface area (Å²) in [7, 11) is 0. The number of aromatic amines is 2. The maximum atomic E-state index is 13.4. The molecule has 3 aliphatic heterocycles. The van der Waals surface area contributed by atoms with Gasteiger partial charge in [0.05, 0.1) is 24.4 Å². The fourth-order valence-corrected chi connectivity index (χ4v) is 8.13. The fraction of sp³-hybridized carbons (Fsp3) is 0.463. The molecule has 0 unspecified atom stereocenters. The molecule has 4 atom stereocenters. The molecule has 2 saturated heterocycles. The van der Waals surface area contributed by atoms with E-state index >= 15 is 0 Å². The van der Waals surface area contributed by atoms with Crippen molar-refractivity contribution in [3.63, 3.8) is 0 Å². The SMILES string of the molecule is CC(C)[C@H](C)C(=O)N1CCC[C@H]1c1nc(-c2ccc(-c3ccc4c(c3)cc3c5[nH]c(nc54)[C@@H]4CCCN4C(=O)[C@@H](C)CCCCO3)cc2)c[nH]1. The molecule has 2 aromatic heterocycles. The molecule has 2 bridgehead atoms. The van der Waals surface area contributed by atoms with E-state index in [0.717, 1.165) is 120 Å². The highest BCUT2D eigenvalue weighted by atomic mass is 16.5. The average molecular weight is 673 g/mol. The molecule has 8 rings (SSSR count). The smallest absolute Gasteiger partial charge is 0.226 e. The van der Waals surface area contributed by atoms with Crippen LogP contribution in [0.4, 0.5) is 0 Å². The van der Waals surface area contributed by atoms with Crippen LogP contribution in [-0.2, 0) is 9.59 Å². The summed E-state index contributed by atoms with van der Waals surface area (Å²) in [4.78, 5) is 47.8. The third-order valence-electron chi connectivity index (χ3n) is 11.5. The number of nitrogens with zero attached hydrogens (tertiary/aromatic N) is 4. The van der Waals surface area contributed by atoms with Gasteiger partial charge >= 0.3 is 0 Å². The van der Waals surface area contributed by atoms with E-state index in [0.29, 0.717) is 12.5 Å². The molecule has 2 N–H and O–H groups in total. The molecule has 2 amide bonds. The zero-order valence-electron chi connectivity index (χ0n) is 29.7. The highest BCUT2D eigenvalue weighted by Gasteiger charge is 2.36. The molecule has 5 heterocycles. The van der Waals surface area contributed by atoms with E-state index in [2.05, 4.69) is 79.3 Å². The highest BCUT2D eigenvalue weighted by Crippen LogP contribution is 2.40. The molecular formula is C41H48N6O3. The first kappa shape index (κ1) is 32.5. The second-order valence-corrected chi connectivity index (χ2v) is 15.1. The monoisotopic (exact) mass is 672 g/mol. The molecular weight excluding hydrogens is 624 g/mol. The minimum absolute atomic E-state index is 0.000303. The average Bonchev–Trinajstić information content (AvgIpc) is 3.95. The van der Waals surface area contributed by atoms with Crippen LogP contribution in [0.15, 0.2) is 54.7 Å². The number of carbonyl (C=O) groups excluding carboxylic acids is 2. The van der Waals surface area contributed by atoms with E-state index in [-0.39, 0.29) is 35.7 Å². The van der Waals surface area contributed by atoms with Crippen molar-refractivity contribution in [1.82, 2.24) is 29.7 Å². The van der Waals surface area contributed by atoms with Crippen LogP contribution in [0.5, 0.6) is 5.75 Å². The summed E-state index contributed by atoms with van der Waals surface area (Å²) >= 11 is 0. The summed E-state index contributed by atoms with van der Waals surface area (Å²) in [6.07, 6.45) is 8.54. The third-order valence-corrected chi connectivity index (χ3v) is 11.5. The Labute approximate surface area is 293 Å². The number of nitrogens with one attached hydrogen (secondary N) is 2. The Hall–Kier alpha value is -4.66. The summed E-state index contributed by atoms with van der Waals surface area (Å²) in [5, 5.41) is 2.14. The summed E-state index contributed by atoms with van der Waals surface area (Å²) in [5.41, 5.74) is 5.96. The Morgan fingerprint density at radius 3 is 2.44 bits per heavy atom. The van der Waals surface area contributed by atoms with Gasteiger partial charge in [0.1, 0.15) is 28.4 Å². The standard InChI is InChI=1S/C41H48N6O3/c1-24(2)26(4)41(49)47-19-7-10-33(47)38-42-23-32(43-38)28-14-12-27(13-15-28)29-16-17-31-30(21-29)22-35-37-36(31)44-39(45-37)34-11-8-18-46(34)40(48)25(3)9-5-6-20-50-35/h12-17,21-26,33-34H,5-11,18-20H2,1-4H3,(H,42,43)(H,44,45)/t25-,26-,33-,34-/m0/s1. The number of ether oxygens (including phenoxy) is 1. The van der Waals surface area contributed by atoms with Crippen LogP contribution in [0.3, 0.4) is 0 Å². The van der Waals surface area contributed by atoms with Gasteiger partial charge in [0, 0.05) is 42.1 Å². The first-order chi connectivity index (χ1) is 24.3. The van der Waals surface area contributed by atoms with Gasteiger partial charge in [-0.1, -0.05) is 64.1 Å². The van der Waals surface area contributed by atoms with Gasteiger partial charge in [0.2, 0.25) is 11.8 Å². The van der Waals surface area contributed by atoms with Gasteiger partial charge in [0.15, 0.2) is 0 Å². The summed E-state index contributed by atoms with van der Waals surface area (Å²) in [6, 6.07) is 17.2. The Balaban J connectivity index is 1.07. The lowest BCUT2D eigenvalue weighted by Gasteiger charge is -2.27. The topological polar surface area (TPSA) is 107 Å². The van der Waals surface area contributed by atoms with Gasteiger partial charge in [-0.15, -0.1) is 0 Å². The maximum Gasteiger partial charge on any atom is 0.226 e. The summed E-state index contributed by atoms with van der Waals surface area (Å²) in [5.74, 6) is 3.32. The van der Waals surface area contributed by atoms with E-state index in [1.54, 1.807) is 0 Å². The number of likely N-dealkylation sites (tertiary alicyclic amines) is 1. The number of amides is 2. The lowest BCUT2D eigenvalue weighted by molar-refractivity contribution is -0.137. The summed E-state index contributed by atoms with van der Waals surface area (Å²) in [6.45, 7) is 10.5. The molecule has 3 aromatic carbocycles. The molecule has 0 aliphatic carbocycles. The largest absolute Gasteiger partial charge is 0.491 e. The van der Waals surface area contributed by atoms with E-state index in [4.69, 9.17) is 14.7 Å². The van der Waals surface area contributed by atoms with Crippen molar-refractivity contribution in [2.75, 3.05) is 19.7 Å². The van der Waals surface area contributed by atoms with Crippen LogP contribution in [-0.4, -0.2) is 61.2 Å². The molecule has 0 radical (unpaired) electrons. The third kappa shape index (κ3) is 5.84. The van der Waals surface area contributed by atoms with Crippen LogP contribution >= 0.6 is 0 Å². The number of rotatable bonds is 5. The number of H-pyrrole nitrogens is 2. The van der Waals surface area contributed by atoms with Crippen LogP contribution in [0.2, 0.25) is 0 Å². The maximum absolute atomic E-state index is 13.4. The molecule has 2 fully saturated rings. The molecule has 0 spiro atoms. The van der Waals surface area contributed by atoms with Crippen molar-refractivity contribution >= 4 is 33.6 Å². The van der Waals surface area contributed by atoms with Crippen LogP contribution in [0.25, 0.3) is 44.2 Å². The number of benzene rings is 3. The lowest BCUT2D eigenvalue weighted by atomic mass is 9.96. The van der Waals surface area contributed by atoms with E-state index in [1.807, 2.05) is 22.9 Å². The van der Waals surface area contributed by atoms with Gasteiger partial charge in [-0.3, -0.25) is 9.59 Å². The number of fused-ring (bicyclic) bond motifs is 5. The van der Waals surface area contributed by atoms with Crippen molar-refractivity contribution < 1.29 is 14.3 Å². The van der Waals surface area contributed by atoms with E-state index in [9.17, 15) is 9.59 Å². The first-order valence-electron chi connectivity index (χ1n) is 18.6. The van der Waals surface area contributed by atoms with E-state index in [1.165, 1.54) is 0 Å². The Bertz CT molecular complexity index is 2040. The van der Waals surface area contributed by atoms with Gasteiger partial charge in [0.25, 0.3) is 0 Å². The number of hydrogen-bond donors (Lipinski definition) is 2. The number of carbonyl (C=O) groups is 2. The van der Waals surface area contributed by atoms with Crippen LogP contribution < -0.4 is 4.74 Å². The van der Waals surface area contributed by atoms with Crippen molar-refractivity contribution in [3.8, 4) is 28.1 Å². The highest BCUT2D eigenvalue weighted by molar-refractivity contribution is 6.08. The van der Waals surface area contributed by atoms with Gasteiger partial charge in [-0.05, 0) is 79.5 Å². The normalized spacial score (nSPS) is 22.1. The fourth-order valence-electron chi connectivity index (χ4n) is 8.13. The minimum atomic E-state index is -0.0300. The molecule has 3 aliphatic rings. The van der Waals surface area contributed by atoms with Gasteiger partial charge in [-0.25, -0.2) is 9.97 Å². The van der Waals surface area contributed by atoms with Gasteiger partial charge in [-0.2, -0.15) is 0 Å². The van der Waals surface area contributed by atoms with E-state index < -0.39 is 0 Å². The quantitative estimate of drug-likeness (QED) is 0.195. The predicted octanol–water partition coefficient (Wildman–Crippen LogP) is 8.59. The van der Waals surface area contributed by atoms with Crippen molar-refractivity contribution in [3.05, 3.63) is 66.4 Å². The molecule has 9 nitrogen and oxygen atoms in total. The molecule has 5 aromatic rings. The zero-order valence-corrected chi connectivity index (χ0v) is 29.7. The second-order valence-electron chi connectivity index (χ2n) is 15.1. The number of imidazole rings is 2. The van der Waals surface area contributed by atoms with Crippen molar-refractivity contribution in [1.29, 1.82) is 0 Å². The minimum Gasteiger partial charge on any atom is -0.491 e. The van der Waals surface area contributed by atoms with Gasteiger partial charge < -0.3 is 24.5 Å². The van der Waals surface area contributed by atoms with Crippen LogP contribution in [0.1, 0.15) is 96.4 Å². The van der Waals surface area contributed by atoms with Crippen LogP contribution in [0, 0.1) is 17.8 Å². The number of aromatic nitrogens is 4.